The second-order valence-corrected chi connectivity index (χ2v) is 6.37. The third-order valence-electron chi connectivity index (χ3n) is 3.47. The number of anilines is 1. The van der Waals surface area contributed by atoms with Gasteiger partial charge >= 0.3 is 0 Å². The maximum absolute atomic E-state index is 4.55. The highest BCUT2D eigenvalue weighted by atomic mass is 32.2. The molecule has 2 aromatic rings. The molecule has 0 aromatic carbocycles. The van der Waals surface area contributed by atoms with Gasteiger partial charge in [0.2, 0.25) is 5.95 Å². The molecule has 0 radical (unpaired) electrons. The number of hydrogen-bond acceptors (Lipinski definition) is 6. The molecule has 0 amide bonds. The minimum absolute atomic E-state index is 0.573. The molecule has 1 fully saturated rings. The first kappa shape index (κ1) is 14.3. The number of aromatic nitrogens is 5. The highest BCUT2D eigenvalue weighted by Gasteiger charge is 2.17. The van der Waals surface area contributed by atoms with Crippen LogP contribution in [0.25, 0.3) is 5.95 Å². The minimum Gasteiger partial charge on any atom is -0.354 e. The average Bonchev–Trinajstić information content (AvgIpc) is 3.03. The SMILES string of the molecule is CCNc1nc(SC2CCCCC2)nc(-n2cccn2)n1. The summed E-state index contributed by atoms with van der Waals surface area (Å²) in [6.07, 6.45) is 10.1. The van der Waals surface area contributed by atoms with Crippen LogP contribution in [0.2, 0.25) is 0 Å². The summed E-state index contributed by atoms with van der Waals surface area (Å²) >= 11 is 1.77. The lowest BCUT2D eigenvalue weighted by molar-refractivity contribution is 0.515. The van der Waals surface area contributed by atoms with Crippen molar-refractivity contribution in [3.05, 3.63) is 18.5 Å². The van der Waals surface area contributed by atoms with Crippen molar-refractivity contribution in [2.24, 2.45) is 0 Å². The predicted octanol–water partition coefficient (Wildman–Crippen LogP) is 2.91. The van der Waals surface area contributed by atoms with Gasteiger partial charge in [0.05, 0.1) is 0 Å². The first-order valence-corrected chi connectivity index (χ1v) is 8.39. The van der Waals surface area contributed by atoms with E-state index in [1.807, 2.05) is 19.2 Å². The van der Waals surface area contributed by atoms with E-state index in [1.54, 1.807) is 22.6 Å². The van der Waals surface area contributed by atoms with Gasteiger partial charge in [-0.2, -0.15) is 20.1 Å². The third-order valence-corrected chi connectivity index (χ3v) is 4.67. The van der Waals surface area contributed by atoms with Gasteiger partial charge in [-0.25, -0.2) is 4.68 Å². The van der Waals surface area contributed by atoms with E-state index in [0.717, 1.165) is 11.7 Å². The van der Waals surface area contributed by atoms with E-state index in [1.165, 1.54) is 32.1 Å². The van der Waals surface area contributed by atoms with Crippen LogP contribution >= 0.6 is 11.8 Å². The zero-order valence-electron chi connectivity index (χ0n) is 12.2. The van der Waals surface area contributed by atoms with Crippen LogP contribution in [-0.2, 0) is 0 Å². The summed E-state index contributed by atoms with van der Waals surface area (Å²) in [6, 6.07) is 1.87. The topological polar surface area (TPSA) is 68.5 Å². The molecule has 6 nitrogen and oxygen atoms in total. The largest absolute Gasteiger partial charge is 0.354 e. The van der Waals surface area contributed by atoms with Gasteiger partial charge in [0, 0.05) is 24.2 Å². The van der Waals surface area contributed by atoms with Gasteiger partial charge in [-0.3, -0.25) is 0 Å². The van der Waals surface area contributed by atoms with Crippen LogP contribution in [0.4, 0.5) is 5.95 Å². The molecule has 21 heavy (non-hydrogen) atoms. The Labute approximate surface area is 128 Å². The van der Waals surface area contributed by atoms with Gasteiger partial charge in [0.25, 0.3) is 5.95 Å². The molecule has 1 saturated carbocycles. The molecule has 0 unspecified atom stereocenters. The third kappa shape index (κ3) is 3.72. The molecule has 7 heteroatoms. The molecule has 1 aliphatic rings. The zero-order valence-corrected chi connectivity index (χ0v) is 13.0. The van der Waals surface area contributed by atoms with E-state index in [-0.39, 0.29) is 0 Å². The lowest BCUT2D eigenvalue weighted by Gasteiger charge is -2.20. The molecule has 3 rings (SSSR count). The summed E-state index contributed by atoms with van der Waals surface area (Å²) < 4.78 is 1.67. The lowest BCUT2D eigenvalue weighted by atomic mass is 10.0. The Bertz CT molecular complexity index is 565. The van der Waals surface area contributed by atoms with E-state index in [4.69, 9.17) is 0 Å². The van der Waals surface area contributed by atoms with Gasteiger partial charge in [-0.1, -0.05) is 31.0 Å². The van der Waals surface area contributed by atoms with Crippen molar-refractivity contribution in [2.45, 2.75) is 49.4 Å². The maximum atomic E-state index is 4.55. The fourth-order valence-corrected chi connectivity index (χ4v) is 3.60. The van der Waals surface area contributed by atoms with Crippen molar-refractivity contribution in [1.29, 1.82) is 0 Å². The Morgan fingerprint density at radius 1 is 1.24 bits per heavy atom. The van der Waals surface area contributed by atoms with E-state index in [2.05, 4.69) is 25.4 Å². The van der Waals surface area contributed by atoms with Crippen molar-refractivity contribution >= 4 is 17.7 Å². The summed E-state index contributed by atoms with van der Waals surface area (Å²) in [6.45, 7) is 2.82. The van der Waals surface area contributed by atoms with E-state index >= 15 is 0 Å². The summed E-state index contributed by atoms with van der Waals surface area (Å²) in [5.41, 5.74) is 0. The zero-order chi connectivity index (χ0) is 14.5. The summed E-state index contributed by atoms with van der Waals surface area (Å²) in [7, 11) is 0. The molecular weight excluding hydrogens is 284 g/mol. The molecule has 0 bridgehead atoms. The Hall–Kier alpha value is -1.63. The Morgan fingerprint density at radius 2 is 2.10 bits per heavy atom. The Morgan fingerprint density at radius 3 is 2.81 bits per heavy atom. The quantitative estimate of drug-likeness (QED) is 0.916. The molecule has 0 spiro atoms. The van der Waals surface area contributed by atoms with Crippen LogP contribution in [0.15, 0.2) is 23.6 Å². The van der Waals surface area contributed by atoms with Crippen molar-refractivity contribution < 1.29 is 0 Å². The van der Waals surface area contributed by atoms with Gasteiger partial charge in [0.1, 0.15) is 0 Å². The normalized spacial score (nSPS) is 16.0. The van der Waals surface area contributed by atoms with Crippen LogP contribution in [0, 0.1) is 0 Å². The molecule has 1 aliphatic carbocycles. The van der Waals surface area contributed by atoms with Crippen molar-refractivity contribution in [3.63, 3.8) is 0 Å². The molecular formula is C14H20N6S. The minimum atomic E-state index is 0.573. The molecule has 0 saturated heterocycles. The fraction of sp³-hybridized carbons (Fsp3) is 0.571. The van der Waals surface area contributed by atoms with Crippen molar-refractivity contribution in [1.82, 2.24) is 24.7 Å². The molecule has 0 aliphatic heterocycles. The molecule has 2 heterocycles. The lowest BCUT2D eigenvalue weighted by Crippen LogP contribution is -2.12. The number of rotatable bonds is 5. The average molecular weight is 304 g/mol. The molecule has 1 N–H and O–H groups in total. The summed E-state index contributed by atoms with van der Waals surface area (Å²) in [5.74, 6) is 1.19. The predicted molar refractivity (Wildman–Crippen MR) is 83.8 cm³/mol. The summed E-state index contributed by atoms with van der Waals surface area (Å²) in [5, 5.41) is 8.79. The Kier molecular flexibility index (Phi) is 4.69. The van der Waals surface area contributed by atoms with Crippen LogP contribution in [-0.4, -0.2) is 36.5 Å². The number of hydrogen-bond donors (Lipinski definition) is 1. The number of nitrogens with one attached hydrogen (secondary N) is 1. The van der Waals surface area contributed by atoms with Crippen LogP contribution in [0.1, 0.15) is 39.0 Å². The van der Waals surface area contributed by atoms with E-state index < -0.39 is 0 Å². The maximum Gasteiger partial charge on any atom is 0.256 e. The van der Waals surface area contributed by atoms with E-state index in [0.29, 0.717) is 17.1 Å². The first-order valence-electron chi connectivity index (χ1n) is 7.52. The van der Waals surface area contributed by atoms with Crippen LogP contribution in [0.5, 0.6) is 0 Å². The van der Waals surface area contributed by atoms with Gasteiger partial charge in [0.15, 0.2) is 5.16 Å². The van der Waals surface area contributed by atoms with Crippen molar-refractivity contribution in [3.8, 4) is 5.95 Å². The fourth-order valence-electron chi connectivity index (χ4n) is 2.46. The first-order chi connectivity index (χ1) is 10.3. The number of nitrogens with zero attached hydrogens (tertiary/aromatic N) is 5. The van der Waals surface area contributed by atoms with Crippen LogP contribution in [0.3, 0.4) is 0 Å². The van der Waals surface area contributed by atoms with Gasteiger partial charge in [-0.05, 0) is 25.8 Å². The number of thioether (sulfide) groups is 1. The smallest absolute Gasteiger partial charge is 0.256 e. The van der Waals surface area contributed by atoms with Gasteiger partial charge in [-0.15, -0.1) is 0 Å². The van der Waals surface area contributed by atoms with Crippen LogP contribution < -0.4 is 5.32 Å². The monoisotopic (exact) mass is 304 g/mol. The Balaban J connectivity index is 1.84. The van der Waals surface area contributed by atoms with Crippen molar-refractivity contribution in [2.75, 3.05) is 11.9 Å². The van der Waals surface area contributed by atoms with Gasteiger partial charge < -0.3 is 5.32 Å². The molecule has 0 atom stereocenters. The highest BCUT2D eigenvalue weighted by molar-refractivity contribution is 7.99. The highest BCUT2D eigenvalue weighted by Crippen LogP contribution is 2.32. The second-order valence-electron chi connectivity index (χ2n) is 5.10. The standard InChI is InChI=1S/C14H20N6S/c1-2-15-12-17-13(20-10-6-9-16-20)19-14(18-12)21-11-7-4-3-5-8-11/h6,9-11H,2-5,7-8H2,1H3,(H,15,17,18,19). The second kappa shape index (κ2) is 6.89. The molecule has 2 aromatic heterocycles. The molecule has 112 valence electrons. The summed E-state index contributed by atoms with van der Waals surface area (Å²) in [4.78, 5) is 13.5. The van der Waals surface area contributed by atoms with E-state index in [9.17, 15) is 0 Å².